The molecule has 0 saturated carbocycles. The molecule has 7 aromatic rings. The van der Waals surface area contributed by atoms with E-state index in [0.717, 1.165) is 136 Å². The summed E-state index contributed by atoms with van der Waals surface area (Å²) in [5, 5.41) is 0. The standard InChI is InChI=1S/C44H44N12.Mn/c1-21-25(5)53(9)41(45-21)37-29-13-15-31(49-29)38(42-46-22(2)26(6)54(42)10)33-17-19-35(51-33)40(44-48-24(4)28(8)56(44)12)36-20-18-34(52-36)39(32-16-14-30(37)50-32)43-47-23(3)27(7)55(43)11;/h13-20H,1-12H3;/q-2;+2. The third kappa shape index (κ3) is 5.70. The minimum absolute atomic E-state index is 0. The van der Waals surface area contributed by atoms with Crippen molar-refractivity contribution >= 4 is 46.4 Å². The molecular formula is C44H44MnN12. The second kappa shape index (κ2) is 13.6. The molecule has 1 radical (unpaired) electrons. The molecule has 0 spiro atoms. The molecular weight excluding hydrogens is 752 g/mol. The number of fused-ring (bicyclic) bond motifs is 8. The van der Waals surface area contributed by atoms with Crippen molar-refractivity contribution in [2.75, 3.05) is 0 Å². The maximum Gasteiger partial charge on any atom is 2.00 e. The zero-order chi connectivity index (χ0) is 39.5. The Morgan fingerprint density at radius 3 is 0.737 bits per heavy atom. The van der Waals surface area contributed by atoms with Gasteiger partial charge in [0.15, 0.2) is 0 Å². The number of imidazole rings is 4. The Balaban J connectivity index is 0.00000455. The molecule has 287 valence electrons. The van der Waals surface area contributed by atoms with Crippen molar-refractivity contribution in [1.29, 1.82) is 0 Å². The summed E-state index contributed by atoms with van der Waals surface area (Å²) < 4.78 is 8.47. The molecule has 0 atom stereocenters. The molecule has 0 unspecified atom stereocenters. The van der Waals surface area contributed by atoms with Crippen molar-refractivity contribution < 1.29 is 17.1 Å². The van der Waals surface area contributed by atoms with Gasteiger partial charge in [0.2, 0.25) is 0 Å². The van der Waals surface area contributed by atoms with E-state index in [4.69, 9.17) is 39.9 Å². The van der Waals surface area contributed by atoms with Gasteiger partial charge in [0.1, 0.15) is 23.3 Å². The average molecular weight is 796 g/mol. The average Bonchev–Trinajstić information content (AvgIpc) is 4.07. The largest absolute Gasteiger partial charge is 2.00 e. The summed E-state index contributed by atoms with van der Waals surface area (Å²) in [6, 6.07) is 8.22. The zero-order valence-corrected chi connectivity index (χ0v) is 35.5. The fourth-order valence-electron chi connectivity index (χ4n) is 7.76. The third-order valence-corrected chi connectivity index (χ3v) is 12.0. The van der Waals surface area contributed by atoms with E-state index in [1.165, 1.54) is 0 Å². The predicted octanol–water partition coefficient (Wildman–Crippen LogP) is 7.98. The summed E-state index contributed by atoms with van der Waals surface area (Å²) in [6.45, 7) is 16.5. The van der Waals surface area contributed by atoms with Gasteiger partial charge in [-0.05, 0) is 79.7 Å². The second-order valence-electron chi connectivity index (χ2n) is 15.0. The minimum atomic E-state index is 0. The molecule has 0 N–H and O–H groups in total. The summed E-state index contributed by atoms with van der Waals surface area (Å²) in [5.74, 6) is 3.14. The van der Waals surface area contributed by atoms with Crippen LogP contribution >= 0.6 is 0 Å². The van der Waals surface area contributed by atoms with Gasteiger partial charge in [-0.25, -0.2) is 29.9 Å². The van der Waals surface area contributed by atoms with Crippen LogP contribution in [0.25, 0.3) is 91.9 Å². The molecule has 0 saturated heterocycles. The van der Waals surface area contributed by atoms with Gasteiger partial charge in [0, 0.05) is 73.2 Å². The third-order valence-electron chi connectivity index (χ3n) is 12.0. The van der Waals surface area contributed by atoms with Crippen LogP contribution in [0.5, 0.6) is 0 Å². The number of hydrogen-bond donors (Lipinski definition) is 0. The van der Waals surface area contributed by atoms with E-state index in [1.807, 2.05) is 55.9 Å². The van der Waals surface area contributed by atoms with Crippen molar-refractivity contribution in [3.05, 3.63) is 92.6 Å². The Morgan fingerprint density at radius 1 is 0.351 bits per heavy atom. The van der Waals surface area contributed by atoms with Gasteiger partial charge in [0.25, 0.3) is 0 Å². The Labute approximate surface area is 342 Å². The number of nitrogens with zero attached hydrogens (tertiary/aromatic N) is 12. The molecule has 9 heterocycles. The summed E-state index contributed by atoms with van der Waals surface area (Å²) in [5.41, 5.74) is 17.4. The zero-order valence-electron chi connectivity index (χ0n) is 34.4. The van der Waals surface area contributed by atoms with Crippen molar-refractivity contribution in [3.8, 4) is 45.6 Å². The van der Waals surface area contributed by atoms with Gasteiger partial charge < -0.3 is 28.2 Å². The van der Waals surface area contributed by atoms with E-state index in [2.05, 4.69) is 94.5 Å². The van der Waals surface area contributed by atoms with E-state index in [-0.39, 0.29) is 17.1 Å². The summed E-state index contributed by atoms with van der Waals surface area (Å²) in [6.07, 6.45) is 8.22. The van der Waals surface area contributed by atoms with Crippen LogP contribution in [0.3, 0.4) is 0 Å². The normalized spacial score (nSPS) is 12.3. The van der Waals surface area contributed by atoms with Gasteiger partial charge in [-0.15, -0.1) is 22.1 Å². The van der Waals surface area contributed by atoms with Crippen molar-refractivity contribution in [2.45, 2.75) is 55.4 Å². The van der Waals surface area contributed by atoms with Crippen LogP contribution in [0.15, 0.2) is 24.3 Å². The van der Waals surface area contributed by atoms with Gasteiger partial charge in [-0.3, -0.25) is 0 Å². The summed E-state index contributed by atoms with van der Waals surface area (Å²) >= 11 is 0. The molecule has 8 bridgehead atoms. The van der Waals surface area contributed by atoms with Crippen LogP contribution in [0.4, 0.5) is 0 Å². The van der Waals surface area contributed by atoms with E-state index < -0.39 is 0 Å². The van der Waals surface area contributed by atoms with Gasteiger partial charge >= 0.3 is 17.1 Å². The number of aryl methyl sites for hydroxylation is 4. The van der Waals surface area contributed by atoms with Crippen LogP contribution in [0.2, 0.25) is 0 Å². The monoisotopic (exact) mass is 795 g/mol. The Bertz CT molecular complexity index is 2660. The van der Waals surface area contributed by atoms with Crippen LogP contribution in [0.1, 0.15) is 68.3 Å². The van der Waals surface area contributed by atoms with Crippen LogP contribution < -0.4 is 9.97 Å². The van der Waals surface area contributed by atoms with Crippen molar-refractivity contribution in [1.82, 2.24) is 58.1 Å². The maximum absolute atomic E-state index is 5.39. The molecule has 2 aliphatic heterocycles. The van der Waals surface area contributed by atoms with E-state index in [1.54, 1.807) is 0 Å². The molecule has 0 aromatic carbocycles. The summed E-state index contributed by atoms with van der Waals surface area (Å²) in [7, 11) is 8.17. The number of rotatable bonds is 4. The molecule has 0 fully saturated rings. The first-order chi connectivity index (χ1) is 26.7. The van der Waals surface area contributed by atoms with Crippen LogP contribution in [0, 0.1) is 55.4 Å². The van der Waals surface area contributed by atoms with Crippen LogP contribution in [-0.2, 0) is 45.3 Å². The second-order valence-corrected chi connectivity index (χ2v) is 15.0. The van der Waals surface area contributed by atoms with E-state index >= 15 is 0 Å². The van der Waals surface area contributed by atoms with Gasteiger partial charge in [-0.2, -0.15) is 0 Å². The summed E-state index contributed by atoms with van der Waals surface area (Å²) in [4.78, 5) is 41.9. The quantitative estimate of drug-likeness (QED) is 0.164. The van der Waals surface area contributed by atoms with E-state index in [9.17, 15) is 0 Å². The number of aromatic nitrogens is 12. The molecule has 0 aliphatic carbocycles. The van der Waals surface area contributed by atoms with Crippen molar-refractivity contribution in [3.63, 3.8) is 0 Å². The van der Waals surface area contributed by atoms with Gasteiger partial charge in [0.05, 0.1) is 45.6 Å². The molecule has 57 heavy (non-hydrogen) atoms. The van der Waals surface area contributed by atoms with E-state index in [0.29, 0.717) is 0 Å². The van der Waals surface area contributed by atoms with Crippen molar-refractivity contribution in [2.24, 2.45) is 28.2 Å². The predicted molar refractivity (Wildman–Crippen MR) is 223 cm³/mol. The maximum atomic E-state index is 5.39. The Hall–Kier alpha value is -6.04. The number of hydrogen-bond acceptors (Lipinski definition) is 6. The first kappa shape index (κ1) is 37.9. The molecule has 7 aromatic heterocycles. The fourth-order valence-corrected chi connectivity index (χ4v) is 7.76. The molecule has 0 amide bonds. The Kier molecular flexibility index (Phi) is 9.01. The Morgan fingerprint density at radius 2 is 0.561 bits per heavy atom. The molecule has 9 rings (SSSR count). The minimum Gasteiger partial charge on any atom is -0.657 e. The first-order valence-electron chi connectivity index (χ1n) is 18.8. The first-order valence-corrected chi connectivity index (χ1v) is 18.8. The topological polar surface area (TPSA) is 125 Å². The molecule has 2 aliphatic rings. The van der Waals surface area contributed by atoms with Crippen LogP contribution in [-0.4, -0.2) is 48.2 Å². The smallest absolute Gasteiger partial charge is 0.657 e. The molecule has 12 nitrogen and oxygen atoms in total. The van der Waals surface area contributed by atoms with Gasteiger partial charge in [-0.1, -0.05) is 24.3 Å². The SMILES string of the molecule is Cc1nc(-c2c3nc(c(-c4nc(C)c(C)n4C)c4ccc([n-]4)c(-c4nc(C)c(C)n4C)c4nc(c(-c5nc(C)c(C)n5C)c5ccc2[n-]5)C=C4)C=C3)n(C)c1C.[Mn+2]. The molecule has 13 heteroatoms. The fraction of sp³-hybridized carbons (Fsp3) is 0.273.